The van der Waals surface area contributed by atoms with Gasteiger partial charge in [0.2, 0.25) is 5.91 Å². The first-order valence-corrected chi connectivity index (χ1v) is 14.4. The van der Waals surface area contributed by atoms with Crippen LogP contribution < -0.4 is 9.62 Å². The van der Waals surface area contributed by atoms with E-state index in [1.807, 2.05) is 48.5 Å². The smallest absolute Gasteiger partial charge is 0.264 e. The topological polar surface area (TPSA) is 90.3 Å². The minimum absolute atomic E-state index is 0.0164. The Morgan fingerprint density at radius 1 is 0.897 bits per heavy atom. The van der Waals surface area contributed by atoms with E-state index in [1.54, 1.807) is 24.3 Å². The highest BCUT2D eigenvalue weighted by Crippen LogP contribution is 2.48. The maximum Gasteiger partial charge on any atom is 0.264 e. The Kier molecular flexibility index (Phi) is 7.62. The molecule has 4 aromatic rings. The van der Waals surface area contributed by atoms with Crippen molar-refractivity contribution >= 4 is 44.8 Å². The van der Waals surface area contributed by atoms with Gasteiger partial charge in [-0.2, -0.15) is 5.26 Å². The van der Waals surface area contributed by atoms with E-state index < -0.39 is 16.1 Å². The van der Waals surface area contributed by atoms with Crippen molar-refractivity contribution in [3.8, 4) is 17.2 Å². The summed E-state index contributed by atoms with van der Waals surface area (Å²) in [4.78, 5) is 13.2. The van der Waals surface area contributed by atoms with Crippen LogP contribution in [0.15, 0.2) is 95.9 Å². The normalized spacial score (nSPS) is 14.2. The number of hydrogen-bond donors (Lipinski definition) is 1. The zero-order valence-corrected chi connectivity index (χ0v) is 23.0. The van der Waals surface area contributed by atoms with E-state index in [4.69, 9.17) is 28.5 Å². The summed E-state index contributed by atoms with van der Waals surface area (Å²) in [6.45, 7) is 0.370. The number of para-hydroxylation sites is 1. The van der Waals surface area contributed by atoms with Crippen LogP contribution in [0.25, 0.3) is 11.1 Å². The second-order valence-corrected chi connectivity index (χ2v) is 11.7. The van der Waals surface area contributed by atoms with Gasteiger partial charge in [-0.1, -0.05) is 77.8 Å². The van der Waals surface area contributed by atoms with Crippen molar-refractivity contribution in [1.29, 1.82) is 5.26 Å². The third kappa shape index (κ3) is 5.37. The number of amides is 1. The molecule has 1 amide bonds. The maximum absolute atomic E-state index is 14.1. The number of nitrogens with one attached hydrogen (secondary N) is 1. The van der Waals surface area contributed by atoms with Gasteiger partial charge in [-0.25, -0.2) is 8.42 Å². The molecule has 0 bridgehead atoms. The molecule has 196 valence electrons. The van der Waals surface area contributed by atoms with E-state index in [-0.39, 0.29) is 27.3 Å². The van der Waals surface area contributed by atoms with Crippen LogP contribution in [0.4, 0.5) is 5.69 Å². The molecule has 4 aromatic carbocycles. The molecule has 5 rings (SSSR count). The van der Waals surface area contributed by atoms with Crippen LogP contribution in [0.5, 0.6) is 0 Å². The molecule has 1 atom stereocenters. The Labute approximate surface area is 237 Å². The predicted octanol–water partition coefficient (Wildman–Crippen LogP) is 6.53. The monoisotopic (exact) mass is 575 g/mol. The van der Waals surface area contributed by atoms with E-state index >= 15 is 0 Å². The van der Waals surface area contributed by atoms with Crippen molar-refractivity contribution in [3.05, 3.63) is 118 Å². The Morgan fingerprint density at radius 2 is 1.59 bits per heavy atom. The average Bonchev–Trinajstić information content (AvgIpc) is 2.94. The molecule has 0 saturated heterocycles. The lowest BCUT2D eigenvalue weighted by Crippen LogP contribution is -2.40. The van der Waals surface area contributed by atoms with Crippen LogP contribution in [-0.4, -0.2) is 20.9 Å². The number of nitriles is 1. The second-order valence-electron chi connectivity index (χ2n) is 9.11. The zero-order chi connectivity index (χ0) is 27.6. The predicted molar refractivity (Wildman–Crippen MR) is 153 cm³/mol. The lowest BCUT2D eigenvalue weighted by atomic mass is 9.88. The summed E-state index contributed by atoms with van der Waals surface area (Å²) in [5.74, 6) is -0.280. The van der Waals surface area contributed by atoms with E-state index in [9.17, 15) is 13.2 Å². The maximum atomic E-state index is 14.1. The van der Waals surface area contributed by atoms with Crippen molar-refractivity contribution in [2.45, 2.75) is 23.8 Å². The van der Waals surface area contributed by atoms with Gasteiger partial charge < -0.3 is 5.32 Å². The van der Waals surface area contributed by atoms with Crippen LogP contribution >= 0.6 is 23.2 Å². The molecular weight excluding hydrogens is 553 g/mol. The number of hydrogen-bond acceptors (Lipinski definition) is 4. The van der Waals surface area contributed by atoms with Crippen molar-refractivity contribution < 1.29 is 13.2 Å². The summed E-state index contributed by atoms with van der Waals surface area (Å²) in [7, 11) is -4.14. The first-order chi connectivity index (χ1) is 18.8. The van der Waals surface area contributed by atoms with Crippen LogP contribution in [-0.2, 0) is 21.2 Å². The third-order valence-corrected chi connectivity index (χ3v) is 9.24. The fraction of sp³-hybridized carbons (Fsp3) is 0.133. The summed E-state index contributed by atoms with van der Waals surface area (Å²) < 4.78 is 29.6. The Balaban J connectivity index is 1.47. The van der Waals surface area contributed by atoms with Crippen LogP contribution in [0, 0.1) is 11.3 Å². The minimum atomic E-state index is -4.14. The van der Waals surface area contributed by atoms with Crippen LogP contribution in [0.2, 0.25) is 10.0 Å². The zero-order valence-electron chi connectivity index (χ0n) is 20.6. The average molecular weight is 577 g/mol. The van der Waals surface area contributed by atoms with E-state index in [1.165, 1.54) is 22.5 Å². The highest BCUT2D eigenvalue weighted by molar-refractivity contribution is 7.92. The van der Waals surface area contributed by atoms with E-state index in [0.717, 1.165) is 22.3 Å². The number of anilines is 1. The van der Waals surface area contributed by atoms with Gasteiger partial charge in [-0.15, -0.1) is 0 Å². The number of carbonyl (C=O) groups is 1. The Morgan fingerprint density at radius 3 is 2.31 bits per heavy atom. The molecule has 39 heavy (non-hydrogen) atoms. The van der Waals surface area contributed by atoms with Crippen molar-refractivity contribution in [1.82, 2.24) is 5.32 Å². The number of rotatable bonds is 7. The molecule has 0 saturated carbocycles. The minimum Gasteiger partial charge on any atom is -0.356 e. The number of benzene rings is 4. The Hall–Kier alpha value is -3.83. The first-order valence-electron chi connectivity index (χ1n) is 12.2. The van der Waals surface area contributed by atoms with Gasteiger partial charge in [-0.05, 0) is 59.5 Å². The quantitative estimate of drug-likeness (QED) is 0.271. The molecule has 1 aliphatic rings. The number of sulfonamides is 1. The number of halogens is 2. The summed E-state index contributed by atoms with van der Waals surface area (Å²) in [6.07, 6.45) is 0.492. The SMILES string of the molecule is N#Cc1ccc(CCNC(=O)CC2c3ccccc3-c3ccccc3N2S(=O)(=O)c2ccc(Cl)c(Cl)c2)cc1. The summed E-state index contributed by atoms with van der Waals surface area (Å²) >= 11 is 12.3. The molecule has 0 radical (unpaired) electrons. The summed E-state index contributed by atoms with van der Waals surface area (Å²) in [6, 6.07) is 27.5. The standard InChI is InChI=1S/C30H23Cl2N3O3S/c31-26-14-13-22(17-27(26)32)39(37,38)35-28-8-4-3-6-24(28)23-5-1-2-7-25(23)29(35)18-30(36)34-16-15-20-9-11-21(19-33)12-10-20/h1-14,17,29H,15-16,18H2,(H,34,36). The molecule has 0 fully saturated rings. The van der Waals surface area contributed by atoms with E-state index in [2.05, 4.69) is 11.4 Å². The van der Waals surface area contributed by atoms with E-state index in [0.29, 0.717) is 24.2 Å². The van der Waals surface area contributed by atoms with Crippen LogP contribution in [0.3, 0.4) is 0 Å². The molecule has 0 aromatic heterocycles. The highest BCUT2D eigenvalue weighted by Gasteiger charge is 2.40. The van der Waals surface area contributed by atoms with Gasteiger partial charge in [-0.3, -0.25) is 9.10 Å². The van der Waals surface area contributed by atoms with Crippen LogP contribution in [0.1, 0.15) is 29.2 Å². The fourth-order valence-corrected chi connectivity index (χ4v) is 6.84. The molecular formula is C30H23Cl2N3O3S. The fourth-order valence-electron chi connectivity index (χ4n) is 4.80. The molecule has 1 unspecified atom stereocenters. The van der Waals surface area contributed by atoms with Gasteiger partial charge in [0.05, 0.1) is 44.7 Å². The lowest BCUT2D eigenvalue weighted by Gasteiger charge is -2.39. The number of nitrogens with zero attached hydrogens (tertiary/aromatic N) is 2. The van der Waals surface area contributed by atoms with Gasteiger partial charge in [0, 0.05) is 12.1 Å². The van der Waals surface area contributed by atoms with Crippen molar-refractivity contribution in [2.75, 3.05) is 10.8 Å². The highest BCUT2D eigenvalue weighted by atomic mass is 35.5. The van der Waals surface area contributed by atoms with Gasteiger partial charge >= 0.3 is 0 Å². The van der Waals surface area contributed by atoms with Gasteiger partial charge in [0.15, 0.2) is 0 Å². The first kappa shape index (κ1) is 26.8. The third-order valence-electron chi connectivity index (χ3n) is 6.68. The molecule has 1 aliphatic heterocycles. The number of carbonyl (C=O) groups excluding carboxylic acids is 1. The second kappa shape index (κ2) is 11.1. The molecule has 6 nitrogen and oxygen atoms in total. The number of fused-ring (bicyclic) bond motifs is 3. The Bertz CT molecular complexity index is 1700. The molecule has 0 aliphatic carbocycles. The lowest BCUT2D eigenvalue weighted by molar-refractivity contribution is -0.121. The van der Waals surface area contributed by atoms with Gasteiger partial charge in [0.1, 0.15) is 0 Å². The molecule has 1 N–H and O–H groups in total. The summed E-state index contributed by atoms with van der Waals surface area (Å²) in [5.41, 5.74) is 4.41. The molecule has 0 spiro atoms. The van der Waals surface area contributed by atoms with Gasteiger partial charge in [0.25, 0.3) is 10.0 Å². The molecule has 1 heterocycles. The van der Waals surface area contributed by atoms with Crippen molar-refractivity contribution in [2.24, 2.45) is 0 Å². The summed E-state index contributed by atoms with van der Waals surface area (Å²) in [5, 5.41) is 12.3. The van der Waals surface area contributed by atoms with Crippen molar-refractivity contribution in [3.63, 3.8) is 0 Å². The largest absolute Gasteiger partial charge is 0.356 e. The molecule has 9 heteroatoms.